The average molecular weight is 266 g/mol. The van der Waals surface area contributed by atoms with E-state index in [4.69, 9.17) is 16.0 Å². The number of furan rings is 1. The summed E-state index contributed by atoms with van der Waals surface area (Å²) in [6, 6.07) is 6.30. The number of hydrogen-bond donors (Lipinski definition) is 2. The van der Waals surface area contributed by atoms with Gasteiger partial charge in [0.1, 0.15) is 5.75 Å². The third-order valence-corrected chi connectivity index (χ3v) is 2.79. The molecule has 1 heterocycles. The Bertz CT molecular complexity index is 604. The molecule has 4 nitrogen and oxygen atoms in total. The summed E-state index contributed by atoms with van der Waals surface area (Å²) in [7, 11) is 0. The normalized spacial score (nSPS) is 10.4. The lowest BCUT2D eigenvalue weighted by Crippen LogP contribution is -2.11. The van der Waals surface area contributed by atoms with E-state index in [0.29, 0.717) is 11.3 Å². The Morgan fingerprint density at radius 3 is 2.61 bits per heavy atom. The smallest absolute Gasteiger partial charge is 0.291 e. The Morgan fingerprint density at radius 2 is 2.00 bits per heavy atom. The zero-order valence-corrected chi connectivity index (χ0v) is 10.7. The molecule has 2 rings (SSSR count). The zero-order chi connectivity index (χ0) is 13.3. The van der Waals surface area contributed by atoms with Crippen molar-refractivity contribution >= 4 is 23.2 Å². The topological polar surface area (TPSA) is 62.5 Å². The number of aryl methyl sites for hydroxylation is 2. The van der Waals surface area contributed by atoms with Crippen LogP contribution in [0.5, 0.6) is 5.75 Å². The maximum atomic E-state index is 11.8. The van der Waals surface area contributed by atoms with Gasteiger partial charge in [0, 0.05) is 5.69 Å². The molecule has 0 bridgehead atoms. The van der Waals surface area contributed by atoms with Crippen LogP contribution < -0.4 is 5.32 Å². The number of hydrogen-bond acceptors (Lipinski definition) is 3. The maximum absolute atomic E-state index is 11.8. The second-order valence-electron chi connectivity index (χ2n) is 4.01. The van der Waals surface area contributed by atoms with Gasteiger partial charge in [-0.3, -0.25) is 4.79 Å². The first kappa shape index (κ1) is 12.5. The summed E-state index contributed by atoms with van der Waals surface area (Å²) in [5.41, 5.74) is 2.08. The van der Waals surface area contributed by atoms with Gasteiger partial charge in [-0.25, -0.2) is 0 Å². The first-order valence-electron chi connectivity index (χ1n) is 5.34. The number of nitrogens with one attached hydrogen (secondary N) is 1. The first-order valence-corrected chi connectivity index (χ1v) is 5.72. The molecule has 2 N–H and O–H groups in total. The van der Waals surface area contributed by atoms with Crippen LogP contribution in [0, 0.1) is 13.8 Å². The molecule has 1 aromatic heterocycles. The third-order valence-electron chi connectivity index (χ3n) is 2.59. The highest BCUT2D eigenvalue weighted by Gasteiger charge is 2.12. The minimum atomic E-state index is -0.380. The Kier molecular flexibility index (Phi) is 3.30. The molecule has 2 aromatic rings. The monoisotopic (exact) mass is 265 g/mol. The van der Waals surface area contributed by atoms with Crippen molar-refractivity contribution in [2.24, 2.45) is 0 Å². The van der Waals surface area contributed by atoms with Crippen LogP contribution in [0.1, 0.15) is 21.7 Å². The fourth-order valence-electron chi connectivity index (χ4n) is 1.56. The van der Waals surface area contributed by atoms with Crippen molar-refractivity contribution in [1.82, 2.24) is 0 Å². The van der Waals surface area contributed by atoms with Crippen LogP contribution in [0.4, 0.5) is 5.69 Å². The van der Waals surface area contributed by atoms with Crippen molar-refractivity contribution in [3.05, 3.63) is 46.4 Å². The van der Waals surface area contributed by atoms with Gasteiger partial charge in [0.2, 0.25) is 0 Å². The van der Waals surface area contributed by atoms with E-state index < -0.39 is 0 Å². The molecule has 5 heteroatoms. The molecule has 94 valence electrons. The van der Waals surface area contributed by atoms with Gasteiger partial charge >= 0.3 is 0 Å². The van der Waals surface area contributed by atoms with Crippen LogP contribution >= 0.6 is 11.6 Å². The minimum Gasteiger partial charge on any atom is -0.508 e. The Morgan fingerprint density at radius 1 is 1.28 bits per heavy atom. The predicted molar refractivity (Wildman–Crippen MR) is 69.3 cm³/mol. The van der Waals surface area contributed by atoms with Gasteiger partial charge in [-0.2, -0.15) is 0 Å². The summed E-state index contributed by atoms with van der Waals surface area (Å²) in [4.78, 5) is 11.8. The highest BCUT2D eigenvalue weighted by Crippen LogP contribution is 2.25. The summed E-state index contributed by atoms with van der Waals surface area (Å²) >= 11 is 5.61. The number of carbonyl (C=O) groups excluding carboxylic acids is 1. The lowest BCUT2D eigenvalue weighted by atomic mass is 10.1. The van der Waals surface area contributed by atoms with Crippen LogP contribution in [0.15, 0.2) is 28.7 Å². The second kappa shape index (κ2) is 4.74. The number of rotatable bonds is 2. The molecule has 0 unspecified atom stereocenters. The van der Waals surface area contributed by atoms with Gasteiger partial charge in [-0.1, -0.05) is 0 Å². The molecular weight excluding hydrogens is 254 g/mol. The highest BCUT2D eigenvalue weighted by molar-refractivity contribution is 6.29. The Balaban J connectivity index is 2.24. The molecule has 0 aliphatic heterocycles. The fourth-order valence-corrected chi connectivity index (χ4v) is 1.70. The number of aromatic hydroxyl groups is 1. The summed E-state index contributed by atoms with van der Waals surface area (Å²) in [5, 5.41) is 12.4. The van der Waals surface area contributed by atoms with Crippen LogP contribution in [0.25, 0.3) is 0 Å². The van der Waals surface area contributed by atoms with Gasteiger partial charge < -0.3 is 14.8 Å². The Hall–Kier alpha value is -1.94. The largest absolute Gasteiger partial charge is 0.508 e. The fraction of sp³-hybridized carbons (Fsp3) is 0.154. The van der Waals surface area contributed by atoms with Gasteiger partial charge in [0.25, 0.3) is 5.91 Å². The zero-order valence-electron chi connectivity index (χ0n) is 9.95. The SMILES string of the molecule is Cc1cc(NC(=O)c2ccc(Cl)o2)c(C)cc1O. The van der Waals surface area contributed by atoms with Crippen LogP contribution in [-0.4, -0.2) is 11.0 Å². The number of phenols is 1. The van der Waals surface area contributed by atoms with E-state index in [2.05, 4.69) is 5.32 Å². The summed E-state index contributed by atoms with van der Waals surface area (Å²) in [6.07, 6.45) is 0. The van der Waals surface area contributed by atoms with E-state index in [0.717, 1.165) is 5.56 Å². The third kappa shape index (κ3) is 2.49. The summed E-state index contributed by atoms with van der Waals surface area (Å²) in [6.45, 7) is 3.55. The molecule has 18 heavy (non-hydrogen) atoms. The second-order valence-corrected chi connectivity index (χ2v) is 4.38. The van der Waals surface area contributed by atoms with E-state index in [1.165, 1.54) is 12.1 Å². The van der Waals surface area contributed by atoms with Crippen LogP contribution in [0.2, 0.25) is 5.22 Å². The van der Waals surface area contributed by atoms with E-state index in [1.807, 2.05) is 0 Å². The number of amides is 1. The summed E-state index contributed by atoms with van der Waals surface area (Å²) < 4.78 is 5.02. The molecule has 0 fully saturated rings. The molecule has 0 saturated heterocycles. The Labute approximate surface area is 109 Å². The van der Waals surface area contributed by atoms with E-state index >= 15 is 0 Å². The molecule has 0 aliphatic rings. The predicted octanol–water partition coefficient (Wildman–Crippen LogP) is 3.51. The van der Waals surface area contributed by atoms with Gasteiger partial charge in [-0.15, -0.1) is 0 Å². The van der Waals surface area contributed by atoms with Crippen LogP contribution in [0.3, 0.4) is 0 Å². The number of phenolic OH excluding ortho intramolecular Hbond substituents is 1. The number of benzene rings is 1. The minimum absolute atomic E-state index is 0.144. The maximum Gasteiger partial charge on any atom is 0.291 e. The molecule has 1 aromatic carbocycles. The molecule has 0 saturated carbocycles. The van der Waals surface area contributed by atoms with Gasteiger partial charge in [0.05, 0.1) is 0 Å². The van der Waals surface area contributed by atoms with E-state index in [1.54, 1.807) is 26.0 Å². The molecule has 0 spiro atoms. The highest BCUT2D eigenvalue weighted by atomic mass is 35.5. The van der Waals surface area contributed by atoms with Gasteiger partial charge in [0.15, 0.2) is 11.0 Å². The van der Waals surface area contributed by atoms with Crippen molar-refractivity contribution < 1.29 is 14.3 Å². The van der Waals surface area contributed by atoms with Crippen molar-refractivity contribution in [3.63, 3.8) is 0 Å². The molecular formula is C13H12ClNO3. The van der Waals surface area contributed by atoms with Crippen molar-refractivity contribution in [2.45, 2.75) is 13.8 Å². The van der Waals surface area contributed by atoms with E-state index in [9.17, 15) is 9.90 Å². The van der Waals surface area contributed by atoms with Gasteiger partial charge in [-0.05, 0) is 60.8 Å². The molecule has 1 amide bonds. The standard InChI is InChI=1S/C13H12ClNO3/c1-7-6-10(16)8(2)5-9(7)15-13(17)11-3-4-12(14)18-11/h3-6,16H,1-2H3,(H,15,17). The lowest BCUT2D eigenvalue weighted by molar-refractivity contribution is 0.0996. The van der Waals surface area contributed by atoms with Crippen molar-refractivity contribution in [3.8, 4) is 5.75 Å². The lowest BCUT2D eigenvalue weighted by Gasteiger charge is -2.09. The number of carbonyl (C=O) groups is 1. The summed E-state index contributed by atoms with van der Waals surface area (Å²) in [5.74, 6) is -0.0354. The quantitative estimate of drug-likeness (QED) is 0.817. The molecule has 0 radical (unpaired) electrons. The van der Waals surface area contributed by atoms with E-state index in [-0.39, 0.29) is 22.6 Å². The van der Waals surface area contributed by atoms with Crippen molar-refractivity contribution in [1.29, 1.82) is 0 Å². The average Bonchev–Trinajstić information content (AvgIpc) is 2.73. The molecule has 0 atom stereocenters. The van der Waals surface area contributed by atoms with Crippen LogP contribution in [-0.2, 0) is 0 Å². The first-order chi connectivity index (χ1) is 8.47. The number of halogens is 1. The molecule has 0 aliphatic carbocycles. The number of anilines is 1. The van der Waals surface area contributed by atoms with Crippen molar-refractivity contribution in [2.75, 3.05) is 5.32 Å².